The van der Waals surface area contributed by atoms with Crippen molar-refractivity contribution in [3.8, 4) is 11.5 Å². The molecule has 0 atom stereocenters. The summed E-state index contributed by atoms with van der Waals surface area (Å²) in [6.07, 6.45) is 2.84. The van der Waals surface area contributed by atoms with Crippen LogP contribution in [0.4, 0.5) is 10.1 Å². The monoisotopic (exact) mass is 349 g/mol. The van der Waals surface area contributed by atoms with Crippen LogP contribution >= 0.6 is 11.6 Å². The van der Waals surface area contributed by atoms with Crippen LogP contribution in [-0.2, 0) is 4.79 Å². The smallest absolute Gasteiger partial charge is 0.248 e. The molecule has 24 heavy (non-hydrogen) atoms. The molecule has 0 heterocycles. The van der Waals surface area contributed by atoms with Gasteiger partial charge in [0.25, 0.3) is 0 Å². The Bertz CT molecular complexity index is 790. The van der Waals surface area contributed by atoms with E-state index in [-0.39, 0.29) is 5.69 Å². The first-order chi connectivity index (χ1) is 11.4. The maximum absolute atomic E-state index is 13.7. The lowest BCUT2D eigenvalue weighted by Crippen LogP contribution is -2.09. The van der Waals surface area contributed by atoms with Gasteiger partial charge in [-0.3, -0.25) is 4.79 Å². The molecule has 0 unspecified atom stereocenters. The Kier molecular flexibility index (Phi) is 5.82. The molecule has 0 aliphatic carbocycles. The second-order valence-corrected chi connectivity index (χ2v) is 5.45. The highest BCUT2D eigenvalue weighted by atomic mass is 35.5. The summed E-state index contributed by atoms with van der Waals surface area (Å²) < 4.78 is 24.1. The van der Waals surface area contributed by atoms with Gasteiger partial charge in [0.15, 0.2) is 11.5 Å². The summed E-state index contributed by atoms with van der Waals surface area (Å²) in [5.41, 5.74) is 1.55. The summed E-state index contributed by atoms with van der Waals surface area (Å²) in [5.74, 6) is -0.0632. The number of rotatable bonds is 5. The maximum Gasteiger partial charge on any atom is 0.248 e. The number of halogens is 2. The highest BCUT2D eigenvalue weighted by molar-refractivity contribution is 6.32. The van der Waals surface area contributed by atoms with Crippen molar-refractivity contribution in [1.29, 1.82) is 0 Å². The van der Waals surface area contributed by atoms with Gasteiger partial charge in [-0.2, -0.15) is 0 Å². The molecule has 2 aromatic carbocycles. The zero-order chi connectivity index (χ0) is 17.7. The van der Waals surface area contributed by atoms with E-state index in [1.807, 2.05) is 0 Å². The van der Waals surface area contributed by atoms with E-state index < -0.39 is 11.7 Å². The maximum atomic E-state index is 13.7. The number of nitrogens with one attached hydrogen (secondary N) is 1. The van der Waals surface area contributed by atoms with Gasteiger partial charge in [-0.05, 0) is 48.4 Å². The van der Waals surface area contributed by atoms with Crippen LogP contribution in [-0.4, -0.2) is 20.1 Å². The SMILES string of the molecule is COc1cc(/C=C/C(=O)Nc2ccc(C)cc2F)cc(Cl)c1OC. The van der Waals surface area contributed by atoms with Gasteiger partial charge in [0.05, 0.1) is 24.9 Å². The lowest BCUT2D eigenvalue weighted by molar-refractivity contribution is -0.111. The molecule has 4 nitrogen and oxygen atoms in total. The summed E-state index contributed by atoms with van der Waals surface area (Å²) in [7, 11) is 2.98. The zero-order valence-corrected chi connectivity index (χ0v) is 14.3. The van der Waals surface area contributed by atoms with Crippen LogP contribution in [0.3, 0.4) is 0 Å². The molecule has 6 heteroatoms. The second-order valence-electron chi connectivity index (χ2n) is 5.04. The average Bonchev–Trinajstić information content (AvgIpc) is 2.55. The molecule has 0 aromatic heterocycles. The van der Waals surface area contributed by atoms with Crippen LogP contribution in [0.1, 0.15) is 11.1 Å². The van der Waals surface area contributed by atoms with E-state index in [4.69, 9.17) is 21.1 Å². The van der Waals surface area contributed by atoms with Crippen molar-refractivity contribution < 1.29 is 18.7 Å². The fraction of sp³-hybridized carbons (Fsp3) is 0.167. The van der Waals surface area contributed by atoms with Crippen LogP contribution in [0, 0.1) is 12.7 Å². The molecular weight excluding hydrogens is 333 g/mol. The molecule has 0 fully saturated rings. The zero-order valence-electron chi connectivity index (χ0n) is 13.5. The molecular formula is C18H17ClFNO3. The molecule has 0 spiro atoms. The van der Waals surface area contributed by atoms with E-state index in [1.54, 1.807) is 31.2 Å². The molecule has 0 saturated carbocycles. The summed E-state index contributed by atoms with van der Waals surface area (Å²) in [6.45, 7) is 1.77. The van der Waals surface area contributed by atoms with Crippen LogP contribution < -0.4 is 14.8 Å². The molecule has 0 saturated heterocycles. The third-order valence-corrected chi connectivity index (χ3v) is 3.55. The summed E-state index contributed by atoms with van der Waals surface area (Å²) in [5, 5.41) is 2.85. The molecule has 2 aromatic rings. The van der Waals surface area contributed by atoms with Crippen LogP contribution in [0.5, 0.6) is 11.5 Å². The van der Waals surface area contributed by atoms with Gasteiger partial charge in [0.1, 0.15) is 5.82 Å². The molecule has 2 rings (SSSR count). The predicted molar refractivity (Wildman–Crippen MR) is 93.4 cm³/mol. The van der Waals surface area contributed by atoms with Crippen LogP contribution in [0.15, 0.2) is 36.4 Å². The molecule has 0 bridgehead atoms. The highest BCUT2D eigenvalue weighted by Gasteiger charge is 2.10. The van der Waals surface area contributed by atoms with Crippen molar-refractivity contribution in [1.82, 2.24) is 0 Å². The van der Waals surface area contributed by atoms with Gasteiger partial charge >= 0.3 is 0 Å². The molecule has 126 valence electrons. The van der Waals surface area contributed by atoms with E-state index in [1.165, 1.54) is 32.4 Å². The lowest BCUT2D eigenvalue weighted by atomic mass is 10.1. The number of hydrogen-bond acceptors (Lipinski definition) is 3. The first kappa shape index (κ1) is 17.8. The van der Waals surface area contributed by atoms with Gasteiger partial charge in [-0.1, -0.05) is 17.7 Å². The number of ether oxygens (including phenoxy) is 2. The largest absolute Gasteiger partial charge is 0.493 e. The van der Waals surface area contributed by atoms with E-state index in [0.717, 1.165) is 5.56 Å². The predicted octanol–water partition coefficient (Wildman–Crippen LogP) is 4.46. The topological polar surface area (TPSA) is 47.6 Å². The standard InChI is InChI=1S/C18H17ClFNO3/c1-11-4-6-15(14(20)8-11)21-17(22)7-5-12-9-13(19)18(24-3)16(10-12)23-2/h4-10H,1-3H3,(H,21,22)/b7-5+. The fourth-order valence-electron chi connectivity index (χ4n) is 2.10. The van der Waals surface area contributed by atoms with Crippen molar-refractivity contribution in [2.45, 2.75) is 6.92 Å². The number of benzene rings is 2. The Morgan fingerprint density at radius 3 is 2.58 bits per heavy atom. The van der Waals surface area contributed by atoms with Crippen molar-refractivity contribution in [2.75, 3.05) is 19.5 Å². The van der Waals surface area contributed by atoms with Gasteiger partial charge in [0.2, 0.25) is 5.91 Å². The third-order valence-electron chi connectivity index (χ3n) is 3.27. The molecule has 0 aliphatic rings. The van der Waals surface area contributed by atoms with Crippen molar-refractivity contribution >= 4 is 29.3 Å². The van der Waals surface area contributed by atoms with E-state index >= 15 is 0 Å². The fourth-order valence-corrected chi connectivity index (χ4v) is 2.40. The first-order valence-corrected chi connectivity index (χ1v) is 7.49. The van der Waals surface area contributed by atoms with E-state index in [0.29, 0.717) is 22.1 Å². The summed E-state index contributed by atoms with van der Waals surface area (Å²) >= 11 is 6.11. The average molecular weight is 350 g/mol. The van der Waals surface area contributed by atoms with Gasteiger partial charge < -0.3 is 14.8 Å². The quantitative estimate of drug-likeness (QED) is 0.811. The molecule has 0 aliphatic heterocycles. The molecule has 1 N–H and O–H groups in total. The Balaban J connectivity index is 2.15. The number of carbonyl (C=O) groups excluding carboxylic acids is 1. The number of amides is 1. The number of anilines is 1. The van der Waals surface area contributed by atoms with Gasteiger partial charge in [-0.15, -0.1) is 0 Å². The van der Waals surface area contributed by atoms with Crippen molar-refractivity contribution in [3.63, 3.8) is 0 Å². The van der Waals surface area contributed by atoms with Crippen LogP contribution in [0.25, 0.3) is 6.08 Å². The minimum Gasteiger partial charge on any atom is -0.493 e. The van der Waals surface area contributed by atoms with E-state index in [9.17, 15) is 9.18 Å². The number of carbonyl (C=O) groups is 1. The second kappa shape index (κ2) is 7.84. The minimum atomic E-state index is -0.481. The molecule has 0 radical (unpaired) electrons. The Hall–Kier alpha value is -2.53. The third kappa shape index (κ3) is 4.26. The van der Waals surface area contributed by atoms with Gasteiger partial charge in [-0.25, -0.2) is 4.39 Å². The van der Waals surface area contributed by atoms with Crippen LogP contribution in [0.2, 0.25) is 5.02 Å². The Morgan fingerprint density at radius 1 is 1.21 bits per heavy atom. The number of aryl methyl sites for hydroxylation is 1. The molecule has 1 amide bonds. The number of hydrogen-bond donors (Lipinski definition) is 1. The Labute approximate surface area is 144 Å². The first-order valence-electron chi connectivity index (χ1n) is 7.11. The van der Waals surface area contributed by atoms with Crippen molar-refractivity contribution in [3.05, 3.63) is 58.4 Å². The Morgan fingerprint density at radius 2 is 1.96 bits per heavy atom. The van der Waals surface area contributed by atoms with E-state index in [2.05, 4.69) is 5.32 Å². The van der Waals surface area contributed by atoms with Crippen molar-refractivity contribution in [2.24, 2.45) is 0 Å². The summed E-state index contributed by atoms with van der Waals surface area (Å²) in [4.78, 5) is 11.9. The summed E-state index contributed by atoms with van der Waals surface area (Å²) in [6, 6.07) is 7.91. The highest BCUT2D eigenvalue weighted by Crippen LogP contribution is 2.36. The number of methoxy groups -OCH3 is 2. The van der Waals surface area contributed by atoms with Gasteiger partial charge in [0, 0.05) is 6.08 Å². The normalized spacial score (nSPS) is 10.7. The minimum absolute atomic E-state index is 0.126. The lowest BCUT2D eigenvalue weighted by Gasteiger charge is -2.10.